The van der Waals surface area contributed by atoms with E-state index < -0.39 is 0 Å². The van der Waals surface area contributed by atoms with Gasteiger partial charge in [-0.25, -0.2) is 4.79 Å². The van der Waals surface area contributed by atoms with Crippen LogP contribution < -0.4 is 15.3 Å². The largest absolute Gasteiger partial charge is 0.485 e. The highest BCUT2D eigenvalue weighted by molar-refractivity contribution is 6.31. The van der Waals surface area contributed by atoms with Crippen molar-refractivity contribution in [2.75, 3.05) is 24.6 Å². The first kappa shape index (κ1) is 9.03. The monoisotopic (exact) mass is 227 g/mol. The summed E-state index contributed by atoms with van der Waals surface area (Å²) in [6.45, 7) is 3.07. The van der Waals surface area contributed by atoms with Gasteiger partial charge < -0.3 is 9.64 Å². The fourth-order valence-corrected chi connectivity index (χ4v) is 2.35. The van der Waals surface area contributed by atoms with Gasteiger partial charge in [0.15, 0.2) is 16.7 Å². The van der Waals surface area contributed by atoms with E-state index in [2.05, 4.69) is 9.88 Å². The first-order chi connectivity index (χ1) is 7.27. The van der Waals surface area contributed by atoms with Crippen molar-refractivity contribution in [3.8, 4) is 5.75 Å². The van der Waals surface area contributed by atoms with E-state index in [1.807, 2.05) is 0 Å². The van der Waals surface area contributed by atoms with Crippen LogP contribution in [0.2, 0.25) is 5.15 Å². The molecule has 0 radical (unpaired) electrons. The van der Waals surface area contributed by atoms with Crippen LogP contribution in [0.25, 0.3) is 0 Å². The molecule has 0 fully saturated rings. The van der Waals surface area contributed by atoms with Crippen LogP contribution in [0, 0.1) is 0 Å². The molecule has 0 N–H and O–H groups in total. The summed E-state index contributed by atoms with van der Waals surface area (Å²) in [7, 11) is 0. The van der Waals surface area contributed by atoms with Crippen LogP contribution in [-0.2, 0) is 6.54 Å². The molecule has 2 aliphatic heterocycles. The lowest BCUT2D eigenvalue weighted by Gasteiger charge is -2.36. The summed E-state index contributed by atoms with van der Waals surface area (Å²) in [6, 6.07) is 0. The van der Waals surface area contributed by atoms with Crippen LogP contribution in [0.3, 0.4) is 0 Å². The van der Waals surface area contributed by atoms with Gasteiger partial charge in [0, 0.05) is 13.1 Å². The Hall–Kier alpha value is -1.23. The number of anilines is 1. The lowest BCUT2D eigenvalue weighted by atomic mass is 10.2. The molecule has 80 valence electrons. The van der Waals surface area contributed by atoms with Crippen molar-refractivity contribution in [3.63, 3.8) is 0 Å². The van der Waals surface area contributed by atoms with E-state index in [4.69, 9.17) is 16.3 Å². The highest BCUT2D eigenvalue weighted by atomic mass is 35.5. The Morgan fingerprint density at radius 2 is 2.20 bits per heavy atom. The predicted molar refractivity (Wildman–Crippen MR) is 55.8 cm³/mol. The normalized spacial score (nSPS) is 18.3. The lowest BCUT2D eigenvalue weighted by Crippen LogP contribution is -2.43. The van der Waals surface area contributed by atoms with Gasteiger partial charge in [0.1, 0.15) is 6.61 Å². The van der Waals surface area contributed by atoms with Gasteiger partial charge in [0.25, 0.3) is 0 Å². The fraction of sp³-hybridized carbons (Fsp3) is 0.556. The summed E-state index contributed by atoms with van der Waals surface area (Å²) >= 11 is 5.89. The summed E-state index contributed by atoms with van der Waals surface area (Å²) < 4.78 is 7.10. The third-order valence-corrected chi connectivity index (χ3v) is 3.04. The van der Waals surface area contributed by atoms with Crippen molar-refractivity contribution < 1.29 is 4.74 Å². The zero-order valence-electron chi connectivity index (χ0n) is 8.07. The highest BCUT2D eigenvalue weighted by Gasteiger charge is 2.28. The number of ether oxygens (including phenoxy) is 1. The van der Waals surface area contributed by atoms with E-state index >= 15 is 0 Å². The Labute approximate surface area is 91.2 Å². The minimum atomic E-state index is -0.283. The van der Waals surface area contributed by atoms with Gasteiger partial charge in [0.2, 0.25) is 0 Å². The summed E-state index contributed by atoms with van der Waals surface area (Å²) in [4.78, 5) is 17.5. The Morgan fingerprint density at radius 1 is 1.33 bits per heavy atom. The molecule has 2 aliphatic rings. The zero-order valence-corrected chi connectivity index (χ0v) is 8.83. The van der Waals surface area contributed by atoms with Gasteiger partial charge in [-0.2, -0.15) is 4.98 Å². The molecule has 3 heterocycles. The summed E-state index contributed by atoms with van der Waals surface area (Å²) in [6.07, 6.45) is 0.968. The molecule has 0 aliphatic carbocycles. The molecule has 5 nitrogen and oxygen atoms in total. The van der Waals surface area contributed by atoms with Crippen molar-refractivity contribution in [2.45, 2.75) is 13.0 Å². The first-order valence-electron chi connectivity index (χ1n) is 4.95. The van der Waals surface area contributed by atoms with Crippen LogP contribution in [0.1, 0.15) is 6.42 Å². The van der Waals surface area contributed by atoms with Crippen LogP contribution in [0.15, 0.2) is 4.79 Å². The van der Waals surface area contributed by atoms with E-state index in [1.165, 1.54) is 0 Å². The molecule has 0 bridgehead atoms. The number of halogens is 1. The quantitative estimate of drug-likeness (QED) is 0.606. The van der Waals surface area contributed by atoms with Crippen molar-refractivity contribution >= 4 is 17.4 Å². The van der Waals surface area contributed by atoms with E-state index in [0.29, 0.717) is 18.9 Å². The molecule has 15 heavy (non-hydrogen) atoms. The molecule has 6 heteroatoms. The summed E-state index contributed by atoms with van der Waals surface area (Å²) in [5.41, 5.74) is -0.283. The smallest absolute Gasteiger partial charge is 0.350 e. The average molecular weight is 228 g/mol. The third-order valence-electron chi connectivity index (χ3n) is 2.79. The number of hydrogen-bond donors (Lipinski definition) is 0. The Kier molecular flexibility index (Phi) is 1.88. The maximum atomic E-state index is 11.6. The predicted octanol–water partition coefficient (Wildman–Crippen LogP) is 0.499. The van der Waals surface area contributed by atoms with Crippen LogP contribution in [0.5, 0.6) is 5.75 Å². The molecular formula is C9H10ClN3O2. The SMILES string of the molecule is O=c1nc(Cl)c2c3n1CCCN3CCO2. The number of nitrogens with zero attached hydrogens (tertiary/aromatic N) is 3. The molecule has 0 saturated carbocycles. The number of aromatic nitrogens is 2. The zero-order chi connectivity index (χ0) is 10.4. The van der Waals surface area contributed by atoms with Crippen LogP contribution in [0.4, 0.5) is 5.82 Å². The second-order valence-corrected chi connectivity index (χ2v) is 4.04. The second kappa shape index (κ2) is 3.13. The van der Waals surface area contributed by atoms with Crippen LogP contribution in [-0.4, -0.2) is 29.2 Å². The standard InChI is InChI=1S/C9H10ClN3O2/c10-7-6-8-12(4-5-15-6)2-1-3-13(8)9(14)11-7/h1-5H2. The van der Waals surface area contributed by atoms with E-state index in [1.54, 1.807) is 4.57 Å². The molecule has 0 amide bonds. The molecule has 0 aromatic carbocycles. The Morgan fingerprint density at radius 3 is 3.07 bits per heavy atom. The second-order valence-electron chi connectivity index (χ2n) is 3.68. The van der Waals surface area contributed by atoms with E-state index in [9.17, 15) is 4.79 Å². The van der Waals surface area contributed by atoms with Gasteiger partial charge >= 0.3 is 5.69 Å². The highest BCUT2D eigenvalue weighted by Crippen LogP contribution is 2.36. The fourth-order valence-electron chi connectivity index (χ4n) is 2.14. The van der Waals surface area contributed by atoms with Crippen molar-refractivity contribution in [1.29, 1.82) is 0 Å². The summed E-state index contributed by atoms with van der Waals surface area (Å²) in [5.74, 6) is 1.36. The minimum absolute atomic E-state index is 0.179. The van der Waals surface area contributed by atoms with Crippen LogP contribution >= 0.6 is 11.6 Å². The van der Waals surface area contributed by atoms with Gasteiger partial charge in [-0.15, -0.1) is 0 Å². The molecule has 0 unspecified atom stereocenters. The van der Waals surface area contributed by atoms with Crippen molar-refractivity contribution in [1.82, 2.24) is 9.55 Å². The molecule has 1 aromatic rings. The molecular weight excluding hydrogens is 218 g/mol. The maximum absolute atomic E-state index is 11.6. The van der Waals surface area contributed by atoms with Gasteiger partial charge in [-0.1, -0.05) is 11.6 Å². The van der Waals surface area contributed by atoms with E-state index in [-0.39, 0.29) is 10.8 Å². The topological polar surface area (TPSA) is 47.4 Å². The third kappa shape index (κ3) is 1.23. The average Bonchev–Trinajstić information content (AvgIpc) is 2.25. The minimum Gasteiger partial charge on any atom is -0.485 e. The summed E-state index contributed by atoms with van der Waals surface area (Å²) in [5, 5.41) is 0.179. The number of rotatable bonds is 0. The maximum Gasteiger partial charge on any atom is 0.350 e. The van der Waals surface area contributed by atoms with Gasteiger partial charge in [0.05, 0.1) is 6.54 Å². The van der Waals surface area contributed by atoms with Crippen molar-refractivity contribution in [3.05, 3.63) is 15.6 Å². The first-order valence-corrected chi connectivity index (χ1v) is 5.33. The molecule has 0 saturated heterocycles. The molecule has 1 aromatic heterocycles. The van der Waals surface area contributed by atoms with Gasteiger partial charge in [-0.3, -0.25) is 4.57 Å². The van der Waals surface area contributed by atoms with Crippen molar-refractivity contribution in [2.24, 2.45) is 0 Å². The van der Waals surface area contributed by atoms with Gasteiger partial charge in [-0.05, 0) is 6.42 Å². The molecule has 0 spiro atoms. The Bertz CT molecular complexity index is 469. The molecule has 0 atom stereocenters. The molecule has 3 rings (SSSR count). The Balaban J connectivity index is 2.31. The lowest BCUT2D eigenvalue weighted by molar-refractivity contribution is 0.290. The van der Waals surface area contributed by atoms with E-state index in [0.717, 1.165) is 25.3 Å². The number of hydrogen-bond acceptors (Lipinski definition) is 4.